The van der Waals surface area contributed by atoms with Crippen LogP contribution in [0.1, 0.15) is 53.4 Å². The summed E-state index contributed by atoms with van der Waals surface area (Å²) in [5.74, 6) is -0.985. The lowest BCUT2D eigenvalue weighted by molar-refractivity contribution is -0.121. The van der Waals surface area contributed by atoms with Crippen molar-refractivity contribution in [1.82, 2.24) is 0 Å². The summed E-state index contributed by atoms with van der Waals surface area (Å²) in [5.41, 5.74) is 7.75. The fraction of sp³-hybridized carbons (Fsp3) is 0.409. The van der Waals surface area contributed by atoms with E-state index in [2.05, 4.69) is 0 Å². The molecule has 2 aromatic rings. The van der Waals surface area contributed by atoms with Gasteiger partial charge in [-0.05, 0) is 62.4 Å². The number of nitrogen functional groups attached to an aromatic ring is 1. The molecule has 2 heterocycles. The van der Waals surface area contributed by atoms with Crippen molar-refractivity contribution in [3.63, 3.8) is 0 Å². The maximum absolute atomic E-state index is 13.2. The van der Waals surface area contributed by atoms with Gasteiger partial charge >= 0.3 is 5.97 Å². The second-order valence-corrected chi connectivity index (χ2v) is 9.77. The number of benzene rings is 1. The Morgan fingerprint density at radius 3 is 2.67 bits per heavy atom. The lowest BCUT2D eigenvalue weighted by atomic mass is 10.1. The number of thiophene rings is 1. The molecule has 0 bridgehead atoms. The zero-order valence-electron chi connectivity index (χ0n) is 16.8. The van der Waals surface area contributed by atoms with E-state index in [0.29, 0.717) is 16.3 Å². The maximum atomic E-state index is 13.2. The van der Waals surface area contributed by atoms with Crippen LogP contribution in [-0.2, 0) is 27.2 Å². The van der Waals surface area contributed by atoms with Crippen molar-refractivity contribution < 1.29 is 19.1 Å². The highest BCUT2D eigenvalue weighted by molar-refractivity contribution is 8.00. The van der Waals surface area contributed by atoms with Gasteiger partial charge in [0.05, 0.1) is 17.4 Å². The summed E-state index contributed by atoms with van der Waals surface area (Å²) in [5, 5.41) is -0.0752. The molecule has 0 spiro atoms. The lowest BCUT2D eigenvalue weighted by Gasteiger charge is -2.15. The van der Waals surface area contributed by atoms with E-state index >= 15 is 0 Å². The Balaban J connectivity index is 1.67. The molecule has 0 radical (unpaired) electrons. The SMILES string of the molecule is CCOC(=O)c1c(N2C(=O)CC(Sc3ccc(N)cc3)C2=O)sc2c1CCCCC2. The highest BCUT2D eigenvalue weighted by Crippen LogP contribution is 2.43. The van der Waals surface area contributed by atoms with Crippen LogP contribution >= 0.6 is 23.1 Å². The number of esters is 1. The minimum Gasteiger partial charge on any atom is -0.462 e. The number of anilines is 2. The van der Waals surface area contributed by atoms with Gasteiger partial charge in [-0.15, -0.1) is 23.1 Å². The monoisotopic (exact) mass is 444 g/mol. The molecule has 1 aromatic heterocycles. The van der Waals surface area contributed by atoms with E-state index < -0.39 is 11.2 Å². The van der Waals surface area contributed by atoms with Crippen molar-refractivity contribution in [2.45, 2.75) is 55.6 Å². The van der Waals surface area contributed by atoms with Gasteiger partial charge in [-0.3, -0.25) is 9.59 Å². The topological polar surface area (TPSA) is 89.7 Å². The van der Waals surface area contributed by atoms with Gasteiger partial charge in [0.1, 0.15) is 5.00 Å². The van der Waals surface area contributed by atoms with Crippen LogP contribution in [0, 0.1) is 0 Å². The van der Waals surface area contributed by atoms with E-state index in [1.807, 2.05) is 12.1 Å². The van der Waals surface area contributed by atoms with Crippen LogP contribution in [0.15, 0.2) is 29.2 Å². The number of nitrogens with zero attached hydrogens (tertiary/aromatic N) is 1. The lowest BCUT2D eigenvalue weighted by Crippen LogP contribution is -2.32. The largest absolute Gasteiger partial charge is 0.462 e. The summed E-state index contributed by atoms with van der Waals surface area (Å²) in [7, 11) is 0. The van der Waals surface area contributed by atoms with Crippen molar-refractivity contribution in [2.75, 3.05) is 17.2 Å². The molecule has 30 heavy (non-hydrogen) atoms. The summed E-state index contributed by atoms with van der Waals surface area (Å²) >= 11 is 2.76. The normalized spacial score (nSPS) is 19.0. The number of rotatable bonds is 5. The molecule has 0 saturated carbocycles. The van der Waals surface area contributed by atoms with E-state index in [1.165, 1.54) is 28.0 Å². The molecular weight excluding hydrogens is 420 g/mol. The third-order valence-electron chi connectivity index (χ3n) is 5.35. The van der Waals surface area contributed by atoms with Gasteiger partial charge in [-0.25, -0.2) is 9.69 Å². The molecule has 158 valence electrons. The molecule has 4 rings (SSSR count). The number of amides is 2. The van der Waals surface area contributed by atoms with Crippen LogP contribution in [0.2, 0.25) is 0 Å². The minimum atomic E-state index is -0.516. The molecule has 1 saturated heterocycles. The van der Waals surface area contributed by atoms with Crippen LogP contribution in [0.25, 0.3) is 0 Å². The van der Waals surface area contributed by atoms with Crippen LogP contribution in [0.5, 0.6) is 0 Å². The average molecular weight is 445 g/mol. The number of ether oxygens (including phenoxy) is 1. The van der Waals surface area contributed by atoms with Gasteiger partial charge < -0.3 is 10.5 Å². The van der Waals surface area contributed by atoms with E-state index in [4.69, 9.17) is 10.5 Å². The molecule has 1 aliphatic carbocycles. The molecule has 1 fully saturated rings. The van der Waals surface area contributed by atoms with Crippen LogP contribution in [0.3, 0.4) is 0 Å². The first-order valence-corrected chi connectivity index (χ1v) is 11.9. The average Bonchev–Trinajstić information content (AvgIpc) is 3.09. The Bertz CT molecular complexity index is 984. The number of carbonyl (C=O) groups excluding carboxylic acids is 3. The first-order chi connectivity index (χ1) is 14.5. The molecule has 8 heteroatoms. The zero-order chi connectivity index (χ0) is 21.3. The highest BCUT2D eigenvalue weighted by atomic mass is 32.2. The molecule has 1 aliphatic heterocycles. The van der Waals surface area contributed by atoms with Gasteiger partial charge in [0.25, 0.3) is 0 Å². The summed E-state index contributed by atoms with van der Waals surface area (Å²) in [6.07, 6.45) is 4.91. The molecule has 1 aromatic carbocycles. The summed E-state index contributed by atoms with van der Waals surface area (Å²) < 4.78 is 5.30. The number of nitrogens with two attached hydrogens (primary N) is 1. The van der Waals surface area contributed by atoms with Gasteiger partial charge in [-0.1, -0.05) is 6.42 Å². The van der Waals surface area contributed by atoms with E-state index in [0.717, 1.165) is 47.4 Å². The molecule has 2 amide bonds. The minimum absolute atomic E-state index is 0.110. The van der Waals surface area contributed by atoms with Gasteiger partial charge in [0, 0.05) is 21.9 Å². The summed E-state index contributed by atoms with van der Waals surface area (Å²) in [4.78, 5) is 42.1. The van der Waals surface area contributed by atoms with Crippen LogP contribution in [0.4, 0.5) is 10.7 Å². The fourth-order valence-electron chi connectivity index (χ4n) is 3.92. The number of imide groups is 1. The first kappa shape index (κ1) is 20.9. The second kappa shape index (κ2) is 8.81. The highest BCUT2D eigenvalue weighted by Gasteiger charge is 2.43. The predicted molar refractivity (Wildman–Crippen MR) is 119 cm³/mol. The third kappa shape index (κ3) is 3.98. The van der Waals surface area contributed by atoms with Crippen molar-refractivity contribution in [1.29, 1.82) is 0 Å². The van der Waals surface area contributed by atoms with E-state index in [1.54, 1.807) is 19.1 Å². The number of hydrogen-bond donors (Lipinski definition) is 1. The Labute approximate surface area is 183 Å². The second-order valence-electron chi connectivity index (χ2n) is 7.41. The Kier molecular flexibility index (Phi) is 6.15. The smallest absolute Gasteiger partial charge is 0.341 e. The molecule has 2 N–H and O–H groups in total. The molecular formula is C22H24N2O4S2. The Morgan fingerprint density at radius 2 is 1.93 bits per heavy atom. The van der Waals surface area contributed by atoms with Gasteiger partial charge in [-0.2, -0.15) is 0 Å². The van der Waals surface area contributed by atoms with E-state index in [-0.39, 0.29) is 24.8 Å². The van der Waals surface area contributed by atoms with Crippen molar-refractivity contribution >= 4 is 51.6 Å². The standard InChI is InChI=1S/C22H24N2O4S2/c1-2-28-22(27)19-15-6-4-3-5-7-16(15)30-21(19)24-18(25)12-17(20(24)26)29-14-10-8-13(23)9-11-14/h8-11,17H,2-7,12,23H2,1H3. The Morgan fingerprint density at radius 1 is 1.20 bits per heavy atom. The quantitative estimate of drug-likeness (QED) is 0.322. The number of carbonyl (C=O) groups is 3. The van der Waals surface area contributed by atoms with Crippen molar-refractivity contribution in [3.8, 4) is 0 Å². The number of fused-ring (bicyclic) bond motifs is 1. The summed E-state index contributed by atoms with van der Waals surface area (Å²) in [6.45, 7) is 2.01. The fourth-order valence-corrected chi connectivity index (χ4v) is 6.37. The summed E-state index contributed by atoms with van der Waals surface area (Å²) in [6, 6.07) is 7.24. The Hall–Kier alpha value is -2.32. The number of hydrogen-bond acceptors (Lipinski definition) is 7. The molecule has 1 atom stereocenters. The number of aryl methyl sites for hydroxylation is 1. The molecule has 2 aliphatic rings. The van der Waals surface area contributed by atoms with E-state index in [9.17, 15) is 14.4 Å². The van der Waals surface area contributed by atoms with Crippen LogP contribution < -0.4 is 10.6 Å². The number of thioether (sulfide) groups is 1. The van der Waals surface area contributed by atoms with Crippen LogP contribution in [-0.4, -0.2) is 29.6 Å². The molecule has 6 nitrogen and oxygen atoms in total. The van der Waals surface area contributed by atoms with Gasteiger partial charge in [0.2, 0.25) is 11.8 Å². The third-order valence-corrected chi connectivity index (χ3v) is 7.82. The van der Waals surface area contributed by atoms with Crippen molar-refractivity contribution in [2.24, 2.45) is 0 Å². The van der Waals surface area contributed by atoms with Crippen molar-refractivity contribution in [3.05, 3.63) is 40.3 Å². The van der Waals surface area contributed by atoms with Gasteiger partial charge in [0.15, 0.2) is 0 Å². The molecule has 1 unspecified atom stereocenters. The maximum Gasteiger partial charge on any atom is 0.341 e. The predicted octanol–water partition coefficient (Wildman–Crippen LogP) is 4.20. The zero-order valence-corrected chi connectivity index (χ0v) is 18.4. The first-order valence-electron chi connectivity index (χ1n) is 10.2.